The zero-order valence-electron chi connectivity index (χ0n) is 13.7. The molecule has 23 heavy (non-hydrogen) atoms. The van der Waals surface area contributed by atoms with Gasteiger partial charge in [0.2, 0.25) is 0 Å². The summed E-state index contributed by atoms with van der Waals surface area (Å²) in [6.07, 6.45) is 6.69. The minimum Gasteiger partial charge on any atom is -0.333 e. The molecule has 0 bridgehead atoms. The molecule has 0 spiro atoms. The van der Waals surface area contributed by atoms with E-state index in [1.54, 1.807) is 10.5 Å². The Morgan fingerprint density at radius 2 is 2.00 bits per heavy atom. The first kappa shape index (κ1) is 18.7. The highest BCUT2D eigenvalue weighted by atomic mass is 35.5. The molecule has 2 aliphatic heterocycles. The molecule has 0 atom stereocenters. The van der Waals surface area contributed by atoms with Crippen molar-refractivity contribution >= 4 is 22.4 Å². The van der Waals surface area contributed by atoms with Crippen molar-refractivity contribution in [2.75, 3.05) is 26.2 Å². The van der Waals surface area contributed by atoms with Crippen LogP contribution in [0.25, 0.3) is 0 Å². The van der Waals surface area contributed by atoms with Gasteiger partial charge in [0.25, 0.3) is 10.0 Å². The summed E-state index contributed by atoms with van der Waals surface area (Å²) in [5.41, 5.74) is 0. The SMILES string of the molecule is CCNCC1CCN(S(=O)(=O)c2cn3c(n2)CCCC3)CC1.Cl. The number of aryl methyl sites for hydroxylation is 2. The smallest absolute Gasteiger partial charge is 0.262 e. The van der Waals surface area contributed by atoms with E-state index in [9.17, 15) is 8.42 Å². The molecule has 1 aromatic rings. The van der Waals surface area contributed by atoms with E-state index in [2.05, 4.69) is 17.2 Å². The van der Waals surface area contributed by atoms with E-state index in [4.69, 9.17) is 0 Å². The fraction of sp³-hybridized carbons (Fsp3) is 0.800. The zero-order valence-corrected chi connectivity index (χ0v) is 15.3. The van der Waals surface area contributed by atoms with E-state index < -0.39 is 10.0 Å². The minimum atomic E-state index is -3.42. The van der Waals surface area contributed by atoms with Gasteiger partial charge in [0, 0.05) is 32.3 Å². The second-order valence-corrected chi connectivity index (χ2v) is 8.19. The topological polar surface area (TPSA) is 67.2 Å². The minimum absolute atomic E-state index is 0. The number of hydrogen-bond donors (Lipinski definition) is 1. The maximum Gasteiger partial charge on any atom is 0.262 e. The maximum absolute atomic E-state index is 12.8. The van der Waals surface area contributed by atoms with Crippen molar-refractivity contribution in [1.82, 2.24) is 19.2 Å². The average Bonchev–Trinajstić information content (AvgIpc) is 2.98. The molecule has 3 heterocycles. The molecule has 0 amide bonds. The van der Waals surface area contributed by atoms with Crippen LogP contribution >= 0.6 is 12.4 Å². The van der Waals surface area contributed by atoms with E-state index in [1.165, 1.54) is 0 Å². The first-order valence-electron chi connectivity index (χ1n) is 8.38. The summed E-state index contributed by atoms with van der Waals surface area (Å²) in [5, 5.41) is 3.60. The molecule has 1 fully saturated rings. The van der Waals surface area contributed by atoms with Gasteiger partial charge in [0.15, 0.2) is 5.03 Å². The normalized spacial score (nSPS) is 20.0. The van der Waals surface area contributed by atoms with Crippen molar-refractivity contribution < 1.29 is 8.42 Å². The van der Waals surface area contributed by atoms with Gasteiger partial charge in [-0.3, -0.25) is 0 Å². The third kappa shape index (κ3) is 4.07. The van der Waals surface area contributed by atoms with Crippen molar-refractivity contribution in [3.05, 3.63) is 12.0 Å². The third-order valence-corrected chi connectivity index (χ3v) is 6.52. The standard InChI is InChI=1S/C15H26N4O2S.ClH/c1-2-16-11-13-6-9-19(10-7-13)22(20,21)15-12-18-8-4-3-5-14(18)17-15;/h12-13,16H,2-11H2,1H3;1H. The number of hydrogen-bond acceptors (Lipinski definition) is 4. The quantitative estimate of drug-likeness (QED) is 0.864. The summed E-state index contributed by atoms with van der Waals surface area (Å²) >= 11 is 0. The molecule has 1 N–H and O–H groups in total. The Kier molecular flexibility index (Phi) is 6.48. The average molecular weight is 363 g/mol. The predicted octanol–water partition coefficient (Wildman–Crippen LogP) is 1.65. The van der Waals surface area contributed by atoms with Crippen LogP contribution in [0.5, 0.6) is 0 Å². The highest BCUT2D eigenvalue weighted by molar-refractivity contribution is 7.89. The van der Waals surface area contributed by atoms with Gasteiger partial charge >= 0.3 is 0 Å². The Bertz CT molecular complexity index is 585. The summed E-state index contributed by atoms with van der Waals surface area (Å²) in [6.45, 7) is 6.17. The molecular weight excluding hydrogens is 336 g/mol. The van der Waals surface area contributed by atoms with E-state index in [-0.39, 0.29) is 17.4 Å². The fourth-order valence-electron chi connectivity index (χ4n) is 3.35. The predicted molar refractivity (Wildman–Crippen MR) is 92.4 cm³/mol. The number of halogens is 1. The molecule has 8 heteroatoms. The molecule has 0 aromatic carbocycles. The number of imidazole rings is 1. The Morgan fingerprint density at radius 1 is 1.26 bits per heavy atom. The van der Waals surface area contributed by atoms with Gasteiger partial charge in [0.1, 0.15) is 5.82 Å². The van der Waals surface area contributed by atoms with Crippen LogP contribution in [-0.4, -0.2) is 48.5 Å². The Labute approximate surface area is 145 Å². The molecule has 3 rings (SSSR count). The van der Waals surface area contributed by atoms with Gasteiger partial charge in [-0.05, 0) is 44.7 Å². The molecule has 0 radical (unpaired) electrons. The third-order valence-electron chi connectivity index (χ3n) is 4.75. The molecule has 0 aliphatic carbocycles. The summed E-state index contributed by atoms with van der Waals surface area (Å²) in [5.74, 6) is 1.51. The van der Waals surface area contributed by atoms with Crippen LogP contribution in [0.4, 0.5) is 0 Å². The lowest BCUT2D eigenvalue weighted by molar-refractivity contribution is 0.268. The second-order valence-electron chi connectivity index (χ2n) is 6.30. The number of sulfonamides is 1. The molecule has 132 valence electrons. The Balaban J connectivity index is 0.00000192. The first-order valence-corrected chi connectivity index (χ1v) is 9.82. The number of nitrogens with zero attached hydrogens (tertiary/aromatic N) is 3. The van der Waals surface area contributed by atoms with Crippen LogP contribution in [0.2, 0.25) is 0 Å². The summed E-state index contributed by atoms with van der Waals surface area (Å²) in [6, 6.07) is 0. The van der Waals surface area contributed by atoms with Crippen LogP contribution < -0.4 is 5.32 Å². The van der Waals surface area contributed by atoms with Crippen LogP contribution in [0.1, 0.15) is 38.4 Å². The molecule has 6 nitrogen and oxygen atoms in total. The Morgan fingerprint density at radius 3 is 2.65 bits per heavy atom. The van der Waals surface area contributed by atoms with Gasteiger partial charge in [0.05, 0.1) is 0 Å². The number of piperidine rings is 1. The molecule has 2 aliphatic rings. The van der Waals surface area contributed by atoms with Crippen molar-refractivity contribution in [2.24, 2.45) is 5.92 Å². The van der Waals surface area contributed by atoms with Crippen LogP contribution in [0.3, 0.4) is 0 Å². The van der Waals surface area contributed by atoms with Crippen molar-refractivity contribution in [2.45, 2.75) is 50.6 Å². The van der Waals surface area contributed by atoms with Gasteiger partial charge in [-0.2, -0.15) is 4.31 Å². The number of nitrogens with one attached hydrogen (secondary N) is 1. The van der Waals surface area contributed by atoms with Gasteiger partial charge < -0.3 is 9.88 Å². The highest BCUT2D eigenvalue weighted by Crippen LogP contribution is 2.24. The lowest BCUT2D eigenvalue weighted by Crippen LogP contribution is -2.40. The van der Waals surface area contributed by atoms with Gasteiger partial charge in [-0.1, -0.05) is 6.92 Å². The largest absolute Gasteiger partial charge is 0.333 e. The van der Waals surface area contributed by atoms with Crippen LogP contribution in [0.15, 0.2) is 11.2 Å². The van der Waals surface area contributed by atoms with E-state index in [1.807, 2.05) is 4.57 Å². The molecule has 0 saturated carbocycles. The summed E-state index contributed by atoms with van der Waals surface area (Å²) < 4.78 is 29.1. The number of fused-ring (bicyclic) bond motifs is 1. The first-order chi connectivity index (χ1) is 10.6. The summed E-state index contributed by atoms with van der Waals surface area (Å²) in [4.78, 5) is 4.39. The van der Waals surface area contributed by atoms with Crippen LogP contribution in [0, 0.1) is 5.92 Å². The van der Waals surface area contributed by atoms with E-state index in [0.717, 1.165) is 57.6 Å². The van der Waals surface area contributed by atoms with Gasteiger partial charge in [-0.15, -0.1) is 12.4 Å². The number of aromatic nitrogens is 2. The lowest BCUT2D eigenvalue weighted by atomic mass is 9.98. The van der Waals surface area contributed by atoms with Crippen molar-refractivity contribution in [3.63, 3.8) is 0 Å². The maximum atomic E-state index is 12.8. The molecular formula is C15H27ClN4O2S. The van der Waals surface area contributed by atoms with E-state index >= 15 is 0 Å². The fourth-order valence-corrected chi connectivity index (χ4v) is 4.78. The van der Waals surface area contributed by atoms with Crippen LogP contribution in [-0.2, 0) is 23.0 Å². The molecule has 0 unspecified atom stereocenters. The second kappa shape index (κ2) is 7.96. The summed E-state index contributed by atoms with van der Waals surface area (Å²) in [7, 11) is -3.42. The van der Waals surface area contributed by atoms with E-state index in [0.29, 0.717) is 19.0 Å². The monoisotopic (exact) mass is 362 g/mol. The Hall–Kier alpha value is -0.630. The van der Waals surface area contributed by atoms with Crippen molar-refractivity contribution in [1.29, 1.82) is 0 Å². The molecule has 1 aromatic heterocycles. The molecule has 1 saturated heterocycles. The van der Waals surface area contributed by atoms with Gasteiger partial charge in [-0.25, -0.2) is 13.4 Å². The lowest BCUT2D eigenvalue weighted by Gasteiger charge is -2.30. The highest BCUT2D eigenvalue weighted by Gasteiger charge is 2.31. The number of rotatable bonds is 5. The zero-order chi connectivity index (χ0) is 15.6. The van der Waals surface area contributed by atoms with Crippen molar-refractivity contribution in [3.8, 4) is 0 Å².